The summed E-state index contributed by atoms with van der Waals surface area (Å²) in [4.78, 5) is 12.2. The fourth-order valence-electron chi connectivity index (χ4n) is 1.72. The van der Waals surface area contributed by atoms with Crippen LogP contribution in [-0.4, -0.2) is 10.9 Å². The second kappa shape index (κ2) is 4.72. The Labute approximate surface area is 105 Å². The molecule has 88 valence electrons. The lowest BCUT2D eigenvalue weighted by molar-refractivity contribution is 0.103. The molecule has 0 fully saturated rings. The topological polar surface area (TPSA) is 61.1 Å². The molecule has 0 atom stereocenters. The lowest BCUT2D eigenvalue weighted by Gasteiger charge is -2.05. The zero-order valence-electron chi connectivity index (χ0n) is 9.84. The van der Waals surface area contributed by atoms with E-state index in [4.69, 9.17) is 5.26 Å². The van der Waals surface area contributed by atoms with Crippen molar-refractivity contribution in [1.82, 2.24) is 0 Å². The van der Waals surface area contributed by atoms with Crippen molar-refractivity contribution >= 4 is 5.78 Å². The van der Waals surface area contributed by atoms with Crippen LogP contribution in [0.25, 0.3) is 0 Å². The van der Waals surface area contributed by atoms with E-state index in [1.54, 1.807) is 36.4 Å². The maximum Gasteiger partial charge on any atom is 0.196 e. The first kappa shape index (κ1) is 11.9. The standard InChI is InChI=1S/C15H11NO2/c1-10-5-6-13(14(17)7-10)15(18)12-4-2-3-11(8-12)9-16/h2-8,17H,1H3. The van der Waals surface area contributed by atoms with E-state index in [-0.39, 0.29) is 17.1 Å². The third kappa shape index (κ3) is 2.23. The van der Waals surface area contributed by atoms with Gasteiger partial charge in [-0.15, -0.1) is 0 Å². The van der Waals surface area contributed by atoms with Crippen molar-refractivity contribution < 1.29 is 9.90 Å². The third-order valence-corrected chi connectivity index (χ3v) is 2.65. The molecule has 3 nitrogen and oxygen atoms in total. The van der Waals surface area contributed by atoms with E-state index in [0.717, 1.165) is 5.56 Å². The molecule has 0 radical (unpaired) electrons. The number of carbonyl (C=O) groups is 1. The number of hydrogen-bond acceptors (Lipinski definition) is 3. The summed E-state index contributed by atoms with van der Waals surface area (Å²) in [5.41, 5.74) is 1.95. The van der Waals surface area contributed by atoms with Crippen LogP contribution < -0.4 is 0 Å². The van der Waals surface area contributed by atoms with Crippen molar-refractivity contribution in [3.05, 3.63) is 64.7 Å². The number of phenolic OH excluding ortho intramolecular Hbond substituents is 1. The Kier molecular flexibility index (Phi) is 3.11. The molecule has 0 aromatic heterocycles. The van der Waals surface area contributed by atoms with Gasteiger partial charge in [0, 0.05) is 5.56 Å². The summed E-state index contributed by atoms with van der Waals surface area (Å²) < 4.78 is 0. The summed E-state index contributed by atoms with van der Waals surface area (Å²) in [7, 11) is 0. The minimum atomic E-state index is -0.287. The van der Waals surface area contributed by atoms with Crippen LogP contribution in [0.1, 0.15) is 27.0 Å². The van der Waals surface area contributed by atoms with Gasteiger partial charge in [-0.3, -0.25) is 4.79 Å². The molecule has 0 amide bonds. The smallest absolute Gasteiger partial charge is 0.196 e. The summed E-state index contributed by atoms with van der Waals surface area (Å²) in [5.74, 6) is -0.327. The molecule has 0 saturated heterocycles. The predicted octanol–water partition coefficient (Wildman–Crippen LogP) is 2.80. The van der Waals surface area contributed by atoms with E-state index in [1.165, 1.54) is 6.07 Å². The molecule has 2 aromatic carbocycles. The van der Waals surface area contributed by atoms with Crippen molar-refractivity contribution in [1.29, 1.82) is 5.26 Å². The molecule has 2 aromatic rings. The number of nitriles is 1. The quantitative estimate of drug-likeness (QED) is 0.817. The number of phenols is 1. The lowest BCUT2D eigenvalue weighted by Crippen LogP contribution is -2.02. The average molecular weight is 237 g/mol. The zero-order valence-corrected chi connectivity index (χ0v) is 9.84. The molecule has 2 rings (SSSR count). The molecule has 0 unspecified atom stereocenters. The fourth-order valence-corrected chi connectivity index (χ4v) is 1.72. The molecular weight excluding hydrogens is 226 g/mol. The number of rotatable bonds is 2. The largest absolute Gasteiger partial charge is 0.507 e. The summed E-state index contributed by atoms with van der Waals surface area (Å²) in [6.45, 7) is 1.84. The van der Waals surface area contributed by atoms with Crippen LogP contribution in [0.15, 0.2) is 42.5 Å². The average Bonchev–Trinajstić information content (AvgIpc) is 2.38. The summed E-state index contributed by atoms with van der Waals surface area (Å²) >= 11 is 0. The molecule has 0 bridgehead atoms. The molecular formula is C15H11NO2. The minimum Gasteiger partial charge on any atom is -0.507 e. The summed E-state index contributed by atoms with van der Waals surface area (Å²) in [5, 5.41) is 18.6. The van der Waals surface area contributed by atoms with Gasteiger partial charge in [-0.2, -0.15) is 5.26 Å². The molecule has 0 aliphatic carbocycles. The van der Waals surface area contributed by atoms with Crippen molar-refractivity contribution in [2.75, 3.05) is 0 Å². The van der Waals surface area contributed by atoms with Crippen molar-refractivity contribution in [2.45, 2.75) is 6.92 Å². The Morgan fingerprint density at radius 1 is 1.22 bits per heavy atom. The molecule has 0 aliphatic heterocycles. The van der Waals surface area contributed by atoms with Gasteiger partial charge in [-0.1, -0.05) is 18.2 Å². The van der Waals surface area contributed by atoms with Crippen LogP contribution in [0, 0.1) is 18.3 Å². The van der Waals surface area contributed by atoms with Crippen molar-refractivity contribution in [2.24, 2.45) is 0 Å². The highest BCUT2D eigenvalue weighted by molar-refractivity contribution is 6.10. The Hall–Kier alpha value is -2.60. The molecule has 1 N–H and O–H groups in total. The highest BCUT2D eigenvalue weighted by Gasteiger charge is 2.13. The van der Waals surface area contributed by atoms with E-state index in [0.29, 0.717) is 11.1 Å². The van der Waals surface area contributed by atoms with Crippen LogP contribution in [0.4, 0.5) is 0 Å². The maximum absolute atomic E-state index is 12.2. The van der Waals surface area contributed by atoms with Gasteiger partial charge in [-0.25, -0.2) is 0 Å². The molecule has 0 aliphatic rings. The second-order valence-electron chi connectivity index (χ2n) is 4.04. The first-order chi connectivity index (χ1) is 8.61. The van der Waals surface area contributed by atoms with Gasteiger partial charge in [-0.05, 0) is 36.8 Å². The highest BCUT2D eigenvalue weighted by atomic mass is 16.3. The Morgan fingerprint density at radius 2 is 2.00 bits per heavy atom. The fraction of sp³-hybridized carbons (Fsp3) is 0.0667. The second-order valence-corrected chi connectivity index (χ2v) is 4.04. The highest BCUT2D eigenvalue weighted by Crippen LogP contribution is 2.22. The minimum absolute atomic E-state index is 0.0395. The number of aromatic hydroxyl groups is 1. The van der Waals surface area contributed by atoms with Crippen LogP contribution in [0.5, 0.6) is 5.75 Å². The summed E-state index contributed by atoms with van der Waals surface area (Å²) in [6.07, 6.45) is 0. The molecule has 0 heterocycles. The first-order valence-corrected chi connectivity index (χ1v) is 5.46. The first-order valence-electron chi connectivity index (χ1n) is 5.46. The van der Waals surface area contributed by atoms with Crippen LogP contribution in [0.2, 0.25) is 0 Å². The van der Waals surface area contributed by atoms with Gasteiger partial charge in [0.2, 0.25) is 0 Å². The Bertz CT molecular complexity index is 654. The number of aryl methyl sites for hydroxylation is 1. The molecule has 18 heavy (non-hydrogen) atoms. The Morgan fingerprint density at radius 3 is 2.67 bits per heavy atom. The monoisotopic (exact) mass is 237 g/mol. The Balaban J connectivity index is 2.45. The SMILES string of the molecule is Cc1ccc(C(=O)c2cccc(C#N)c2)c(O)c1. The van der Waals surface area contributed by atoms with Gasteiger partial charge in [0.25, 0.3) is 0 Å². The van der Waals surface area contributed by atoms with Gasteiger partial charge < -0.3 is 5.11 Å². The van der Waals surface area contributed by atoms with Crippen LogP contribution >= 0.6 is 0 Å². The predicted molar refractivity (Wildman–Crippen MR) is 67.4 cm³/mol. The van der Waals surface area contributed by atoms with Gasteiger partial charge in [0.05, 0.1) is 17.2 Å². The van der Waals surface area contributed by atoms with Gasteiger partial charge >= 0.3 is 0 Å². The molecule has 0 saturated carbocycles. The van der Waals surface area contributed by atoms with E-state index in [1.807, 2.05) is 13.0 Å². The normalized spacial score (nSPS) is 9.78. The number of benzene rings is 2. The number of hydrogen-bond donors (Lipinski definition) is 1. The van der Waals surface area contributed by atoms with E-state index in [2.05, 4.69) is 0 Å². The molecule has 0 spiro atoms. The van der Waals surface area contributed by atoms with Gasteiger partial charge in [0.1, 0.15) is 5.75 Å². The van der Waals surface area contributed by atoms with Gasteiger partial charge in [0.15, 0.2) is 5.78 Å². The van der Waals surface area contributed by atoms with E-state index in [9.17, 15) is 9.90 Å². The van der Waals surface area contributed by atoms with Crippen LogP contribution in [-0.2, 0) is 0 Å². The van der Waals surface area contributed by atoms with E-state index < -0.39 is 0 Å². The number of carbonyl (C=O) groups excluding carboxylic acids is 1. The zero-order chi connectivity index (χ0) is 13.1. The number of ketones is 1. The van der Waals surface area contributed by atoms with Crippen molar-refractivity contribution in [3.8, 4) is 11.8 Å². The van der Waals surface area contributed by atoms with E-state index >= 15 is 0 Å². The van der Waals surface area contributed by atoms with Crippen molar-refractivity contribution in [3.63, 3.8) is 0 Å². The third-order valence-electron chi connectivity index (χ3n) is 2.65. The number of nitrogens with zero attached hydrogens (tertiary/aromatic N) is 1. The molecule has 3 heteroatoms. The summed E-state index contributed by atoms with van der Waals surface area (Å²) in [6, 6.07) is 13.3. The van der Waals surface area contributed by atoms with Crippen LogP contribution in [0.3, 0.4) is 0 Å². The lowest BCUT2D eigenvalue weighted by atomic mass is 10.00. The maximum atomic E-state index is 12.2.